The maximum Gasteiger partial charge on any atom is 0.151 e. The Bertz CT molecular complexity index is 217. The van der Waals surface area contributed by atoms with Crippen molar-refractivity contribution in [1.29, 1.82) is 0 Å². The number of hydrogen-bond donors (Lipinski definition) is 1. The molecule has 0 atom stereocenters. The topological polar surface area (TPSA) is 37.3 Å². The number of aliphatic hydroxyl groups is 1. The summed E-state index contributed by atoms with van der Waals surface area (Å²) in [5.74, 6) is 0. The zero-order valence-electron chi connectivity index (χ0n) is 5.41. The SMILES string of the molecule is O=Cc1ccsc1CCO. The van der Waals surface area contributed by atoms with E-state index in [2.05, 4.69) is 0 Å². The molecular weight excluding hydrogens is 148 g/mol. The fourth-order valence-corrected chi connectivity index (χ4v) is 1.60. The molecule has 0 saturated heterocycles. The molecule has 2 nitrogen and oxygen atoms in total. The molecule has 1 aromatic heterocycles. The second kappa shape index (κ2) is 3.49. The maximum absolute atomic E-state index is 10.3. The molecule has 0 aliphatic heterocycles. The van der Waals surface area contributed by atoms with Gasteiger partial charge in [-0.3, -0.25) is 4.79 Å². The second-order valence-electron chi connectivity index (χ2n) is 1.89. The van der Waals surface area contributed by atoms with Gasteiger partial charge in [-0.2, -0.15) is 0 Å². The van der Waals surface area contributed by atoms with Gasteiger partial charge in [0, 0.05) is 23.5 Å². The van der Waals surface area contributed by atoms with Gasteiger partial charge in [-0.1, -0.05) is 0 Å². The second-order valence-corrected chi connectivity index (χ2v) is 2.89. The zero-order valence-corrected chi connectivity index (χ0v) is 6.23. The first-order valence-electron chi connectivity index (χ1n) is 3.01. The van der Waals surface area contributed by atoms with E-state index in [-0.39, 0.29) is 6.61 Å². The van der Waals surface area contributed by atoms with E-state index in [0.717, 1.165) is 11.2 Å². The van der Waals surface area contributed by atoms with Gasteiger partial charge < -0.3 is 5.11 Å². The van der Waals surface area contributed by atoms with Gasteiger partial charge in [0.1, 0.15) is 0 Å². The number of hydrogen-bond acceptors (Lipinski definition) is 3. The molecule has 0 amide bonds. The summed E-state index contributed by atoms with van der Waals surface area (Å²) in [7, 11) is 0. The van der Waals surface area contributed by atoms with E-state index in [1.165, 1.54) is 11.3 Å². The van der Waals surface area contributed by atoms with Crippen molar-refractivity contribution in [3.05, 3.63) is 21.9 Å². The largest absolute Gasteiger partial charge is 0.396 e. The third-order valence-corrected chi connectivity index (χ3v) is 2.24. The van der Waals surface area contributed by atoms with Crippen molar-refractivity contribution >= 4 is 17.6 Å². The summed E-state index contributed by atoms with van der Waals surface area (Å²) in [6, 6.07) is 1.77. The standard InChI is InChI=1S/C7H8O2S/c8-3-1-7-6(5-9)2-4-10-7/h2,4-5,8H,1,3H2. The van der Waals surface area contributed by atoms with Crippen molar-refractivity contribution in [3.8, 4) is 0 Å². The van der Waals surface area contributed by atoms with Crippen LogP contribution in [0.25, 0.3) is 0 Å². The van der Waals surface area contributed by atoms with Gasteiger partial charge in [-0.25, -0.2) is 0 Å². The minimum absolute atomic E-state index is 0.112. The summed E-state index contributed by atoms with van der Waals surface area (Å²) in [6.07, 6.45) is 1.41. The molecule has 0 unspecified atom stereocenters. The van der Waals surface area contributed by atoms with E-state index < -0.39 is 0 Å². The van der Waals surface area contributed by atoms with Crippen molar-refractivity contribution in [1.82, 2.24) is 0 Å². The lowest BCUT2D eigenvalue weighted by molar-refractivity contribution is 0.112. The zero-order chi connectivity index (χ0) is 7.40. The number of carbonyl (C=O) groups excluding carboxylic acids is 1. The van der Waals surface area contributed by atoms with Crippen LogP contribution in [0, 0.1) is 0 Å². The van der Waals surface area contributed by atoms with Crippen LogP contribution in [0.4, 0.5) is 0 Å². The summed E-state index contributed by atoms with van der Waals surface area (Å²) in [5.41, 5.74) is 0.707. The van der Waals surface area contributed by atoms with Crippen LogP contribution in [0.2, 0.25) is 0 Å². The number of carbonyl (C=O) groups is 1. The Morgan fingerprint density at radius 3 is 3.10 bits per heavy atom. The van der Waals surface area contributed by atoms with E-state index >= 15 is 0 Å². The average Bonchev–Trinajstić information content (AvgIpc) is 2.36. The number of rotatable bonds is 3. The molecule has 0 saturated carbocycles. The Balaban J connectivity index is 2.79. The molecule has 1 rings (SSSR count). The first kappa shape index (κ1) is 7.44. The van der Waals surface area contributed by atoms with Crippen LogP contribution in [0.5, 0.6) is 0 Å². The predicted molar refractivity (Wildman–Crippen MR) is 40.5 cm³/mol. The van der Waals surface area contributed by atoms with E-state index in [4.69, 9.17) is 5.11 Å². The van der Waals surface area contributed by atoms with Crippen molar-refractivity contribution in [2.75, 3.05) is 6.61 Å². The first-order chi connectivity index (χ1) is 4.88. The summed E-state index contributed by atoms with van der Waals surface area (Å²) in [5, 5.41) is 10.4. The van der Waals surface area contributed by atoms with Gasteiger partial charge in [0.05, 0.1) is 0 Å². The highest BCUT2D eigenvalue weighted by Crippen LogP contribution is 2.14. The van der Waals surface area contributed by atoms with Crippen LogP contribution in [-0.2, 0) is 6.42 Å². The van der Waals surface area contributed by atoms with Gasteiger partial charge >= 0.3 is 0 Å². The Kier molecular flexibility index (Phi) is 2.59. The fraction of sp³-hybridized carbons (Fsp3) is 0.286. The summed E-state index contributed by atoms with van der Waals surface area (Å²) < 4.78 is 0. The highest BCUT2D eigenvalue weighted by molar-refractivity contribution is 7.10. The molecule has 0 aromatic carbocycles. The van der Waals surface area contributed by atoms with Crippen molar-refractivity contribution < 1.29 is 9.90 Å². The van der Waals surface area contributed by atoms with Gasteiger partial charge in [0.25, 0.3) is 0 Å². The molecule has 0 spiro atoms. The first-order valence-corrected chi connectivity index (χ1v) is 3.89. The van der Waals surface area contributed by atoms with Crippen LogP contribution in [0.15, 0.2) is 11.4 Å². The average molecular weight is 156 g/mol. The molecular formula is C7H8O2S. The molecule has 3 heteroatoms. The highest BCUT2D eigenvalue weighted by atomic mass is 32.1. The van der Waals surface area contributed by atoms with Crippen LogP contribution < -0.4 is 0 Å². The summed E-state index contributed by atoms with van der Waals surface area (Å²) in [6.45, 7) is 0.112. The lowest BCUT2D eigenvalue weighted by Gasteiger charge is -1.91. The third kappa shape index (κ3) is 1.43. The van der Waals surface area contributed by atoms with Gasteiger partial charge in [0.2, 0.25) is 0 Å². The fourth-order valence-electron chi connectivity index (χ4n) is 0.760. The smallest absolute Gasteiger partial charge is 0.151 e. The maximum atomic E-state index is 10.3. The normalized spacial score (nSPS) is 9.70. The van der Waals surface area contributed by atoms with Crippen molar-refractivity contribution in [3.63, 3.8) is 0 Å². The molecule has 0 aliphatic rings. The molecule has 0 fully saturated rings. The molecule has 54 valence electrons. The van der Waals surface area contributed by atoms with Crippen LogP contribution in [-0.4, -0.2) is 18.0 Å². The number of aliphatic hydroxyl groups excluding tert-OH is 1. The predicted octanol–water partition coefficient (Wildman–Crippen LogP) is 1.10. The molecule has 1 N–H and O–H groups in total. The molecule has 10 heavy (non-hydrogen) atoms. The van der Waals surface area contributed by atoms with Gasteiger partial charge in [0.15, 0.2) is 6.29 Å². The van der Waals surface area contributed by atoms with Crippen LogP contribution >= 0.6 is 11.3 Å². The Morgan fingerprint density at radius 1 is 1.70 bits per heavy atom. The monoisotopic (exact) mass is 156 g/mol. The van der Waals surface area contributed by atoms with Crippen LogP contribution in [0.3, 0.4) is 0 Å². The van der Waals surface area contributed by atoms with Gasteiger partial charge in [-0.15, -0.1) is 11.3 Å². The van der Waals surface area contributed by atoms with Gasteiger partial charge in [-0.05, 0) is 11.4 Å². The molecule has 0 aliphatic carbocycles. The molecule has 0 bridgehead atoms. The van der Waals surface area contributed by atoms with E-state index in [1.807, 2.05) is 5.38 Å². The quantitative estimate of drug-likeness (QED) is 0.665. The van der Waals surface area contributed by atoms with Crippen LogP contribution in [0.1, 0.15) is 15.2 Å². The van der Waals surface area contributed by atoms with Crippen molar-refractivity contribution in [2.45, 2.75) is 6.42 Å². The molecule has 1 aromatic rings. The lowest BCUT2D eigenvalue weighted by atomic mass is 10.2. The van der Waals surface area contributed by atoms with E-state index in [0.29, 0.717) is 12.0 Å². The van der Waals surface area contributed by atoms with E-state index in [9.17, 15) is 4.79 Å². The molecule has 1 heterocycles. The highest BCUT2D eigenvalue weighted by Gasteiger charge is 2.00. The lowest BCUT2D eigenvalue weighted by Crippen LogP contribution is -1.90. The minimum Gasteiger partial charge on any atom is -0.396 e. The number of aldehydes is 1. The third-order valence-electron chi connectivity index (χ3n) is 1.25. The summed E-state index contributed by atoms with van der Waals surface area (Å²) in [4.78, 5) is 11.3. The Labute approximate surface area is 63.1 Å². The summed E-state index contributed by atoms with van der Waals surface area (Å²) >= 11 is 1.51. The molecule has 0 radical (unpaired) electrons. The minimum atomic E-state index is 0.112. The Hall–Kier alpha value is -0.670. The Morgan fingerprint density at radius 2 is 2.50 bits per heavy atom. The number of thiophene rings is 1. The van der Waals surface area contributed by atoms with E-state index in [1.54, 1.807) is 6.07 Å². The van der Waals surface area contributed by atoms with Crippen molar-refractivity contribution in [2.24, 2.45) is 0 Å².